The highest BCUT2D eigenvalue weighted by Crippen LogP contribution is 2.46. The molecule has 1 aliphatic carbocycles. The lowest BCUT2D eigenvalue weighted by Crippen LogP contribution is -2.59. The number of aliphatic hydroxyl groups is 1. The topological polar surface area (TPSA) is 260 Å². The number of halogens is 2. The number of hydrogen-bond acceptors (Lipinski definition) is 12. The summed E-state index contributed by atoms with van der Waals surface area (Å²) in [6, 6.07) is 8.75. The average molecular weight is 1060 g/mol. The number of likely N-dealkylation sites (tertiary alicyclic amines) is 1. The van der Waals surface area contributed by atoms with Gasteiger partial charge in [0.1, 0.15) is 36.5 Å². The van der Waals surface area contributed by atoms with Gasteiger partial charge in [0.2, 0.25) is 41.4 Å². The Balaban J connectivity index is 0.00000847. The molecular weight excluding hydrogens is 986 g/mol. The lowest BCUT2D eigenvalue weighted by atomic mass is 9.85. The van der Waals surface area contributed by atoms with Gasteiger partial charge in [-0.2, -0.15) is 0 Å². The van der Waals surface area contributed by atoms with Crippen molar-refractivity contribution in [2.24, 2.45) is 16.9 Å². The van der Waals surface area contributed by atoms with Crippen molar-refractivity contribution >= 4 is 76.7 Å². The highest BCUT2D eigenvalue weighted by atomic mass is 35.5. The number of aromatic nitrogens is 1. The third-order valence-corrected chi connectivity index (χ3v) is 15.6. The van der Waals surface area contributed by atoms with Gasteiger partial charge in [-0.05, 0) is 86.5 Å². The Kier molecular flexibility index (Phi) is 18.4. The zero-order valence-corrected chi connectivity index (χ0v) is 44.0. The summed E-state index contributed by atoms with van der Waals surface area (Å²) in [5.41, 5.74) is 15.9. The van der Waals surface area contributed by atoms with Crippen molar-refractivity contribution in [1.82, 2.24) is 35.6 Å². The van der Waals surface area contributed by atoms with Gasteiger partial charge in [0, 0.05) is 51.9 Å². The predicted octanol–water partition coefficient (Wildman–Crippen LogP) is 3.88. The molecule has 7 atom stereocenters. The standard InChI is InChI=1S/C51H68ClN9O9S.ClH/c1-29-44(71-28-55-29)32-12-14-33(15-13-32)51(21-22-51)58-47(67)39-24-36(63)25-60(39)49(69)45(50(3,4)5)57-42(65)11-7-9-31-8-6-10-40(43(31)52)70-27-34(16-19-41(54)64)56-46(66)38-18-17-35-20-23-59(30(2)62)26-37(53)48(68)61(35)38;/h6,8,10,12-15,28,34-39,45,63H,7,9,11,16-27,53H2,1-5H3,(H2,54,64)(H,56,66)(H,57,65)(H,58,67);1H/t34-,35+,36+,37-,38-,39-,45+;/m0./s1. The molecule has 3 aromatic rings. The Labute approximate surface area is 436 Å². The summed E-state index contributed by atoms with van der Waals surface area (Å²) in [6.45, 7) is 9.31. The fourth-order valence-corrected chi connectivity index (χ4v) is 11.1. The van der Waals surface area contributed by atoms with E-state index in [1.165, 1.54) is 11.8 Å². The number of thiazole rings is 1. The number of benzene rings is 2. The van der Waals surface area contributed by atoms with Gasteiger partial charge in [0.05, 0.1) is 38.8 Å². The van der Waals surface area contributed by atoms with Crippen LogP contribution < -0.4 is 32.2 Å². The number of amides is 7. The molecule has 72 heavy (non-hydrogen) atoms. The molecule has 18 nitrogen and oxygen atoms in total. The lowest BCUT2D eigenvalue weighted by molar-refractivity contribution is -0.144. The Hall–Kier alpha value is -5.34. The van der Waals surface area contributed by atoms with E-state index < -0.39 is 70.9 Å². The van der Waals surface area contributed by atoms with E-state index >= 15 is 0 Å². The van der Waals surface area contributed by atoms with E-state index in [0.29, 0.717) is 55.0 Å². The van der Waals surface area contributed by atoms with Crippen molar-refractivity contribution in [1.29, 1.82) is 0 Å². The molecule has 7 rings (SSSR count). The first kappa shape index (κ1) is 56.0. The average Bonchev–Trinajstić information content (AvgIpc) is 3.57. The van der Waals surface area contributed by atoms with Crippen LogP contribution in [0.25, 0.3) is 10.4 Å². The molecule has 0 unspecified atom stereocenters. The van der Waals surface area contributed by atoms with Crippen molar-refractivity contribution in [3.05, 3.63) is 69.8 Å². The smallest absolute Gasteiger partial charge is 0.246 e. The van der Waals surface area contributed by atoms with Crippen molar-refractivity contribution in [2.45, 2.75) is 153 Å². The third-order valence-electron chi connectivity index (χ3n) is 14.2. The molecular formula is C51H69Cl2N9O9S. The van der Waals surface area contributed by atoms with Gasteiger partial charge in [0.25, 0.3) is 0 Å². The van der Waals surface area contributed by atoms with Crippen LogP contribution in [0, 0.1) is 12.3 Å². The molecule has 3 aliphatic heterocycles. The van der Waals surface area contributed by atoms with Gasteiger partial charge >= 0.3 is 0 Å². The van der Waals surface area contributed by atoms with Crippen LogP contribution in [0.5, 0.6) is 5.75 Å². The third kappa shape index (κ3) is 13.2. The number of carbonyl (C=O) groups is 7. The Morgan fingerprint density at radius 2 is 1.71 bits per heavy atom. The van der Waals surface area contributed by atoms with Crippen molar-refractivity contribution in [2.75, 3.05) is 26.2 Å². The zero-order chi connectivity index (χ0) is 51.4. The highest BCUT2D eigenvalue weighted by molar-refractivity contribution is 7.13. The van der Waals surface area contributed by atoms with Crippen molar-refractivity contribution in [3.8, 4) is 16.2 Å². The number of aryl methyl sites for hydroxylation is 2. The van der Waals surface area contributed by atoms with Gasteiger partial charge in [-0.1, -0.05) is 68.8 Å². The number of carbonyl (C=O) groups excluding carboxylic acids is 7. The van der Waals surface area contributed by atoms with Crippen LogP contribution in [0.2, 0.25) is 5.02 Å². The maximum absolute atomic E-state index is 14.3. The quantitative estimate of drug-likeness (QED) is 0.107. The fourth-order valence-electron chi connectivity index (χ4n) is 10.1. The van der Waals surface area contributed by atoms with E-state index in [4.69, 9.17) is 27.8 Å². The summed E-state index contributed by atoms with van der Waals surface area (Å²) in [5, 5.41) is 20.2. The van der Waals surface area contributed by atoms with Gasteiger partial charge in [0.15, 0.2) is 0 Å². The van der Waals surface area contributed by atoms with Crippen molar-refractivity contribution in [3.63, 3.8) is 0 Å². The number of nitrogens with one attached hydrogen (secondary N) is 3. The molecule has 0 bridgehead atoms. The molecule has 7 amide bonds. The van der Waals surface area contributed by atoms with E-state index in [1.807, 2.05) is 63.5 Å². The van der Waals surface area contributed by atoms with Crippen LogP contribution in [0.1, 0.15) is 109 Å². The summed E-state index contributed by atoms with van der Waals surface area (Å²) in [7, 11) is 0. The predicted molar refractivity (Wildman–Crippen MR) is 275 cm³/mol. The summed E-state index contributed by atoms with van der Waals surface area (Å²) < 4.78 is 6.14. The Morgan fingerprint density at radius 1 is 0.986 bits per heavy atom. The number of aliphatic hydroxyl groups excluding tert-OH is 1. The number of nitrogens with two attached hydrogens (primary N) is 2. The van der Waals surface area contributed by atoms with E-state index in [9.17, 15) is 38.7 Å². The van der Waals surface area contributed by atoms with E-state index in [0.717, 1.165) is 34.5 Å². The molecule has 392 valence electrons. The van der Waals surface area contributed by atoms with Gasteiger partial charge in [-0.25, -0.2) is 4.98 Å². The molecule has 3 saturated heterocycles. The Morgan fingerprint density at radius 3 is 2.35 bits per heavy atom. The summed E-state index contributed by atoms with van der Waals surface area (Å²) in [6.07, 6.45) is 3.10. The summed E-state index contributed by atoms with van der Waals surface area (Å²) >= 11 is 8.43. The van der Waals surface area contributed by atoms with Crippen LogP contribution >= 0.6 is 35.3 Å². The van der Waals surface area contributed by atoms with Crippen LogP contribution in [-0.2, 0) is 45.5 Å². The maximum Gasteiger partial charge on any atom is 0.246 e. The number of β-amino-alcohol motifs (C(OH)–C–C–N with tert-alkyl or cyclic N) is 1. The molecule has 2 aromatic carbocycles. The second-order valence-electron chi connectivity index (χ2n) is 20.6. The van der Waals surface area contributed by atoms with E-state index in [-0.39, 0.29) is 81.6 Å². The first-order chi connectivity index (χ1) is 33.6. The molecule has 1 aromatic heterocycles. The van der Waals surface area contributed by atoms with Crippen LogP contribution in [0.4, 0.5) is 0 Å². The van der Waals surface area contributed by atoms with Gasteiger partial charge in [-0.15, -0.1) is 23.7 Å². The number of ether oxygens (including phenoxy) is 1. The molecule has 21 heteroatoms. The number of rotatable bonds is 18. The van der Waals surface area contributed by atoms with Crippen LogP contribution in [0.15, 0.2) is 48.0 Å². The zero-order valence-electron chi connectivity index (χ0n) is 41.6. The minimum Gasteiger partial charge on any atom is -0.490 e. The molecule has 1 saturated carbocycles. The minimum absolute atomic E-state index is 0. The molecule has 0 spiro atoms. The number of primary amides is 1. The van der Waals surface area contributed by atoms with Gasteiger partial charge in [-0.3, -0.25) is 33.6 Å². The number of nitrogens with zero attached hydrogens (tertiary/aromatic N) is 4. The first-order valence-electron chi connectivity index (χ1n) is 24.6. The Bertz CT molecular complexity index is 2480. The van der Waals surface area contributed by atoms with Crippen LogP contribution in [0.3, 0.4) is 0 Å². The van der Waals surface area contributed by atoms with E-state index in [1.54, 1.807) is 33.3 Å². The molecule has 4 heterocycles. The normalized spacial score (nSPS) is 22.4. The summed E-state index contributed by atoms with van der Waals surface area (Å²) in [4.78, 5) is 103. The minimum atomic E-state index is -0.989. The monoisotopic (exact) mass is 1050 g/mol. The maximum atomic E-state index is 14.3. The summed E-state index contributed by atoms with van der Waals surface area (Å²) in [5.74, 6) is -2.36. The molecule has 4 aliphatic rings. The van der Waals surface area contributed by atoms with E-state index in [2.05, 4.69) is 20.9 Å². The molecule has 4 fully saturated rings. The lowest BCUT2D eigenvalue weighted by Gasteiger charge is -2.37. The first-order valence-corrected chi connectivity index (χ1v) is 25.8. The highest BCUT2D eigenvalue weighted by Gasteiger charge is 2.50. The number of hydrogen-bond donors (Lipinski definition) is 6. The largest absolute Gasteiger partial charge is 0.490 e. The second-order valence-corrected chi connectivity index (χ2v) is 21.9. The van der Waals surface area contributed by atoms with Crippen molar-refractivity contribution < 1.29 is 43.4 Å². The molecule has 8 N–H and O–H groups in total. The fraction of sp³-hybridized carbons (Fsp3) is 0.569. The molecule has 0 radical (unpaired) electrons. The SMILES string of the molecule is CC(=O)N1CC[C@H]2CC[C@@H](C(=O)N[C@@H](CCC(N)=O)COc3cccc(CCCC(=O)N[C@H](C(=O)N4C[C@H](O)C[C@H]4C(=O)NC4(c5ccc(-c6scnc6C)cc5)CC4)C(C)(C)C)c3Cl)N2C(=O)[C@@H](N)C1.Cl. The van der Waals surface area contributed by atoms with Gasteiger partial charge < -0.3 is 52.0 Å². The number of fused-ring (bicyclic) bond motifs is 1. The second kappa shape index (κ2) is 23.7. The van der Waals surface area contributed by atoms with Crippen LogP contribution in [-0.4, -0.2) is 135 Å².